The van der Waals surface area contributed by atoms with Gasteiger partial charge in [0, 0.05) is 69.0 Å². The van der Waals surface area contributed by atoms with E-state index in [1.807, 2.05) is 12.1 Å². The zero-order valence-electron chi connectivity index (χ0n) is 24.1. The Morgan fingerprint density at radius 2 is 1.76 bits per heavy atom. The fourth-order valence-electron chi connectivity index (χ4n) is 7.45. The van der Waals surface area contributed by atoms with Crippen LogP contribution in [0.25, 0.3) is 0 Å². The number of rotatable bonds is 10. The fraction of sp³-hybridized carbons (Fsp3) is 0.633. The molecule has 5 fully saturated rings. The summed E-state index contributed by atoms with van der Waals surface area (Å²) in [5.74, 6) is 1.36. The third kappa shape index (κ3) is 6.10. The highest BCUT2D eigenvalue weighted by Gasteiger charge is 2.47. The summed E-state index contributed by atoms with van der Waals surface area (Å²) < 4.78 is 62.9. The molecule has 230 valence electrons. The van der Waals surface area contributed by atoms with Crippen molar-refractivity contribution in [2.24, 2.45) is 5.92 Å². The standard InChI is InChI=1S/C30H41ClN4O5S2/c1-22-6-2-11-28(31)30(22)42(38,39)35-16-4-9-24(35)10-5-17-41(36,37)33-20-26(21-33)34-19-23-7-3-8-25(34)18-29(23)40-27-12-14-32-15-13-27/h2,6,11-15,23-26,29H,3-5,7-10,16-21H2,1H3/t23?,24-,25?,29-/m0/s1. The van der Waals surface area contributed by atoms with Crippen molar-refractivity contribution < 1.29 is 21.6 Å². The number of ether oxygens (including phenoxy) is 1. The number of hydrogen-bond acceptors (Lipinski definition) is 7. The van der Waals surface area contributed by atoms with Crippen molar-refractivity contribution in [1.29, 1.82) is 0 Å². The zero-order valence-corrected chi connectivity index (χ0v) is 26.5. The van der Waals surface area contributed by atoms with Crippen LogP contribution in [0.3, 0.4) is 0 Å². The predicted molar refractivity (Wildman–Crippen MR) is 163 cm³/mol. The molecule has 2 unspecified atom stereocenters. The molecule has 0 amide bonds. The largest absolute Gasteiger partial charge is 0.490 e. The first-order valence-corrected chi connectivity index (χ1v) is 18.6. The molecular formula is C30H41ClN4O5S2. The monoisotopic (exact) mass is 636 g/mol. The van der Waals surface area contributed by atoms with E-state index in [0.717, 1.165) is 44.4 Å². The third-order valence-corrected chi connectivity index (χ3v) is 14.2. The Hall–Kier alpha value is -1.76. The minimum absolute atomic E-state index is 0.0448. The van der Waals surface area contributed by atoms with Gasteiger partial charge in [0.2, 0.25) is 20.0 Å². The van der Waals surface area contributed by atoms with Crippen LogP contribution in [0.1, 0.15) is 56.9 Å². The zero-order chi connectivity index (χ0) is 29.5. The molecule has 5 heterocycles. The first kappa shape index (κ1) is 30.3. The lowest BCUT2D eigenvalue weighted by Gasteiger charge is -2.51. The molecular weight excluding hydrogens is 596 g/mol. The molecule has 5 aliphatic rings. The van der Waals surface area contributed by atoms with Gasteiger partial charge in [-0.25, -0.2) is 16.8 Å². The van der Waals surface area contributed by atoms with Gasteiger partial charge in [0.05, 0.1) is 10.8 Å². The van der Waals surface area contributed by atoms with Crippen LogP contribution in [-0.4, -0.2) is 91.5 Å². The molecule has 0 radical (unpaired) electrons. The molecule has 4 aliphatic heterocycles. The highest BCUT2D eigenvalue weighted by atomic mass is 35.5. The molecule has 1 aromatic heterocycles. The van der Waals surface area contributed by atoms with Gasteiger partial charge in [-0.2, -0.15) is 8.61 Å². The van der Waals surface area contributed by atoms with Gasteiger partial charge in [-0.1, -0.05) is 30.2 Å². The highest BCUT2D eigenvalue weighted by molar-refractivity contribution is 7.89. The van der Waals surface area contributed by atoms with Crippen molar-refractivity contribution >= 4 is 31.6 Å². The summed E-state index contributed by atoms with van der Waals surface area (Å²) in [5, 5.41) is 0.227. The van der Waals surface area contributed by atoms with Gasteiger partial charge in [0.1, 0.15) is 16.7 Å². The quantitative estimate of drug-likeness (QED) is 0.383. The summed E-state index contributed by atoms with van der Waals surface area (Å²) in [6.45, 7) is 4.22. The Morgan fingerprint density at radius 3 is 2.52 bits per heavy atom. The van der Waals surface area contributed by atoms with E-state index in [9.17, 15) is 16.8 Å². The number of piperidine rings is 1. The van der Waals surface area contributed by atoms with Crippen LogP contribution in [0.2, 0.25) is 5.02 Å². The fourth-order valence-corrected chi connectivity index (χ4v) is 11.6. The van der Waals surface area contributed by atoms with E-state index in [1.165, 1.54) is 10.7 Å². The van der Waals surface area contributed by atoms with Gasteiger partial charge in [-0.05, 0) is 69.2 Å². The Balaban J connectivity index is 1.01. The SMILES string of the molecule is Cc1cccc(Cl)c1S(=O)(=O)N1CCC[C@H]1CCCS(=O)(=O)N1CC(N2CC3CCCC2C[C@@H]3Oc2ccncc2)C1. The van der Waals surface area contributed by atoms with Crippen molar-refractivity contribution in [2.45, 2.75) is 87.4 Å². The maximum atomic E-state index is 13.5. The van der Waals surface area contributed by atoms with Crippen LogP contribution in [0, 0.1) is 12.8 Å². The molecule has 1 aliphatic carbocycles. The van der Waals surface area contributed by atoms with Crippen molar-refractivity contribution in [2.75, 3.05) is 31.9 Å². The van der Waals surface area contributed by atoms with Crippen LogP contribution < -0.4 is 4.74 Å². The van der Waals surface area contributed by atoms with Crippen molar-refractivity contribution in [1.82, 2.24) is 18.5 Å². The molecule has 2 aromatic rings. The first-order chi connectivity index (χ1) is 20.1. The molecule has 0 N–H and O–H groups in total. The minimum Gasteiger partial charge on any atom is -0.490 e. The van der Waals surface area contributed by atoms with E-state index in [-0.39, 0.29) is 33.9 Å². The maximum Gasteiger partial charge on any atom is 0.245 e. The van der Waals surface area contributed by atoms with E-state index in [4.69, 9.17) is 16.3 Å². The first-order valence-electron chi connectivity index (χ1n) is 15.2. The van der Waals surface area contributed by atoms with E-state index >= 15 is 0 Å². The molecule has 0 spiro atoms. The summed E-state index contributed by atoms with van der Waals surface area (Å²) in [6, 6.07) is 9.38. The van der Waals surface area contributed by atoms with Crippen LogP contribution in [-0.2, 0) is 20.0 Å². The molecule has 12 heteroatoms. The molecule has 42 heavy (non-hydrogen) atoms. The number of pyridine rings is 1. The Kier molecular flexibility index (Phi) is 8.88. The second kappa shape index (κ2) is 12.3. The van der Waals surface area contributed by atoms with Crippen molar-refractivity contribution in [3.63, 3.8) is 0 Å². The highest BCUT2D eigenvalue weighted by Crippen LogP contribution is 2.39. The topological polar surface area (TPSA) is 100 Å². The molecule has 4 atom stereocenters. The minimum atomic E-state index is -3.75. The lowest BCUT2D eigenvalue weighted by molar-refractivity contribution is -0.0302. The Morgan fingerprint density at radius 1 is 0.976 bits per heavy atom. The number of benzene rings is 1. The molecule has 7 rings (SSSR count). The summed E-state index contributed by atoms with van der Waals surface area (Å²) in [6.07, 6.45) is 10.6. The average Bonchev–Trinajstić information content (AvgIpc) is 3.20. The average molecular weight is 637 g/mol. The van der Waals surface area contributed by atoms with Crippen LogP contribution in [0.15, 0.2) is 47.6 Å². The molecule has 2 bridgehead atoms. The third-order valence-electron chi connectivity index (χ3n) is 9.68. The van der Waals surface area contributed by atoms with Crippen LogP contribution in [0.5, 0.6) is 5.75 Å². The second-order valence-corrected chi connectivity index (χ2v) is 16.7. The normalized spacial score (nSPS) is 28.0. The number of aryl methyl sites for hydroxylation is 1. The Labute approximate surface area is 255 Å². The molecule has 1 aromatic carbocycles. The summed E-state index contributed by atoms with van der Waals surface area (Å²) in [4.78, 5) is 6.79. The number of fused-ring (bicyclic) bond motifs is 4. The van der Waals surface area contributed by atoms with Gasteiger partial charge in [0.25, 0.3) is 0 Å². The van der Waals surface area contributed by atoms with E-state index in [2.05, 4.69) is 9.88 Å². The number of aromatic nitrogens is 1. The van der Waals surface area contributed by atoms with Crippen LogP contribution in [0.4, 0.5) is 0 Å². The van der Waals surface area contributed by atoms with Gasteiger partial charge >= 0.3 is 0 Å². The second-order valence-electron chi connectivity index (χ2n) is 12.3. The van der Waals surface area contributed by atoms with Crippen LogP contribution >= 0.6 is 11.6 Å². The lowest BCUT2D eigenvalue weighted by atomic mass is 9.89. The number of sulfonamides is 2. The predicted octanol–water partition coefficient (Wildman–Crippen LogP) is 4.31. The molecule has 9 nitrogen and oxygen atoms in total. The maximum absolute atomic E-state index is 13.5. The van der Waals surface area contributed by atoms with Crippen molar-refractivity contribution in [3.05, 3.63) is 53.3 Å². The van der Waals surface area contributed by atoms with Gasteiger partial charge < -0.3 is 4.74 Å². The lowest BCUT2D eigenvalue weighted by Crippen LogP contribution is -2.65. The smallest absolute Gasteiger partial charge is 0.245 e. The number of hydrogen-bond donors (Lipinski definition) is 0. The van der Waals surface area contributed by atoms with E-state index in [1.54, 1.807) is 41.8 Å². The summed E-state index contributed by atoms with van der Waals surface area (Å²) in [7, 11) is -7.14. The van der Waals surface area contributed by atoms with Crippen molar-refractivity contribution in [3.8, 4) is 5.75 Å². The van der Waals surface area contributed by atoms with E-state index < -0.39 is 20.0 Å². The number of nitrogens with zero attached hydrogens (tertiary/aromatic N) is 4. The van der Waals surface area contributed by atoms with E-state index in [0.29, 0.717) is 50.0 Å². The molecule has 1 saturated carbocycles. The Bertz CT molecular complexity index is 1450. The van der Waals surface area contributed by atoms with Gasteiger partial charge in [0.15, 0.2) is 0 Å². The van der Waals surface area contributed by atoms with Gasteiger partial charge in [-0.15, -0.1) is 0 Å². The number of halogens is 1. The molecule has 4 saturated heterocycles. The summed E-state index contributed by atoms with van der Waals surface area (Å²) >= 11 is 6.30. The van der Waals surface area contributed by atoms with Gasteiger partial charge in [-0.3, -0.25) is 9.88 Å². The summed E-state index contributed by atoms with van der Waals surface area (Å²) in [5.41, 5.74) is 0.623.